The number of hydrogen-bond donors (Lipinski definition) is 1. The minimum Gasteiger partial charge on any atom is -0.463 e. The maximum atomic E-state index is 11.2. The van der Waals surface area contributed by atoms with Gasteiger partial charge in [-0.1, -0.05) is 0 Å². The van der Waals surface area contributed by atoms with Crippen LogP contribution in [0.5, 0.6) is 0 Å². The summed E-state index contributed by atoms with van der Waals surface area (Å²) in [5.41, 5.74) is 0. The summed E-state index contributed by atoms with van der Waals surface area (Å²) in [5, 5.41) is 3.41. The second kappa shape index (κ2) is 6.02. The van der Waals surface area contributed by atoms with Crippen molar-refractivity contribution in [3.8, 4) is 0 Å². The molecule has 2 atom stereocenters. The molecule has 1 N–H and O–H groups in total. The van der Waals surface area contributed by atoms with Gasteiger partial charge in [-0.2, -0.15) is 0 Å². The van der Waals surface area contributed by atoms with E-state index in [1.54, 1.807) is 19.2 Å². The van der Waals surface area contributed by atoms with E-state index in [2.05, 4.69) is 10.1 Å². The van der Waals surface area contributed by atoms with Gasteiger partial charge in [-0.25, -0.2) is 4.79 Å². The zero-order valence-electron chi connectivity index (χ0n) is 10.8. The molecule has 1 aromatic heterocycles. The predicted octanol–water partition coefficient (Wildman–Crippen LogP) is 1.72. The first kappa shape index (κ1) is 13.1. The topological polar surface area (TPSA) is 60.7 Å². The van der Waals surface area contributed by atoms with Crippen LogP contribution < -0.4 is 5.32 Å². The Kier molecular flexibility index (Phi) is 4.38. The Morgan fingerprint density at radius 2 is 2.28 bits per heavy atom. The minimum absolute atomic E-state index is 0.246. The number of nitrogens with one attached hydrogen (secondary N) is 1. The minimum atomic E-state index is -0.443. The second-order valence-electron chi connectivity index (χ2n) is 4.51. The molecule has 1 saturated carbocycles. The first-order valence-electron chi connectivity index (χ1n) is 6.16. The van der Waals surface area contributed by atoms with E-state index in [-0.39, 0.29) is 5.76 Å². The van der Waals surface area contributed by atoms with Crippen LogP contribution in [-0.2, 0) is 16.0 Å². The molecule has 0 aromatic carbocycles. The highest BCUT2D eigenvalue weighted by Crippen LogP contribution is 2.21. The van der Waals surface area contributed by atoms with Crippen LogP contribution in [0, 0.1) is 0 Å². The molecule has 100 valence electrons. The number of rotatable bonds is 5. The quantitative estimate of drug-likeness (QED) is 0.810. The van der Waals surface area contributed by atoms with E-state index in [9.17, 15) is 4.79 Å². The first-order chi connectivity index (χ1) is 8.72. The molecule has 0 amide bonds. The highest BCUT2D eigenvalue weighted by atomic mass is 16.5. The highest BCUT2D eigenvalue weighted by molar-refractivity contribution is 5.86. The van der Waals surface area contributed by atoms with E-state index < -0.39 is 5.97 Å². The fourth-order valence-electron chi connectivity index (χ4n) is 2.27. The maximum Gasteiger partial charge on any atom is 0.373 e. The molecule has 0 aliphatic heterocycles. The van der Waals surface area contributed by atoms with Crippen LogP contribution >= 0.6 is 0 Å². The third-order valence-electron chi connectivity index (χ3n) is 3.33. The van der Waals surface area contributed by atoms with Gasteiger partial charge in [0.25, 0.3) is 0 Å². The average molecular weight is 253 g/mol. The summed E-state index contributed by atoms with van der Waals surface area (Å²) in [6, 6.07) is 3.89. The monoisotopic (exact) mass is 253 g/mol. The fourth-order valence-corrected chi connectivity index (χ4v) is 2.27. The molecular formula is C13H19NO4. The van der Waals surface area contributed by atoms with Crippen LogP contribution in [-0.4, -0.2) is 32.3 Å². The van der Waals surface area contributed by atoms with Crippen molar-refractivity contribution in [1.82, 2.24) is 5.32 Å². The molecule has 1 heterocycles. The molecule has 2 rings (SSSR count). The maximum absolute atomic E-state index is 11.2. The standard InChI is InChI=1S/C13H19NO4/c1-16-10-4-3-9(7-10)14-8-11-5-6-12(18-11)13(15)17-2/h5-6,9-10,14H,3-4,7-8H2,1-2H3. The van der Waals surface area contributed by atoms with Gasteiger partial charge in [0.05, 0.1) is 19.8 Å². The van der Waals surface area contributed by atoms with Gasteiger partial charge in [0, 0.05) is 13.2 Å². The van der Waals surface area contributed by atoms with Gasteiger partial charge in [-0.3, -0.25) is 0 Å². The number of esters is 1. The number of furan rings is 1. The van der Waals surface area contributed by atoms with Crippen LogP contribution in [0.15, 0.2) is 16.5 Å². The lowest BCUT2D eigenvalue weighted by atomic mass is 10.2. The molecule has 0 bridgehead atoms. The summed E-state index contributed by atoms with van der Waals surface area (Å²) in [6.07, 6.45) is 3.61. The Morgan fingerprint density at radius 1 is 1.44 bits per heavy atom. The van der Waals surface area contributed by atoms with E-state index in [1.165, 1.54) is 7.11 Å². The van der Waals surface area contributed by atoms with Crippen LogP contribution in [0.3, 0.4) is 0 Å². The Balaban J connectivity index is 1.80. The van der Waals surface area contributed by atoms with E-state index in [1.807, 2.05) is 0 Å². The van der Waals surface area contributed by atoms with Crippen molar-refractivity contribution >= 4 is 5.97 Å². The second-order valence-corrected chi connectivity index (χ2v) is 4.51. The average Bonchev–Trinajstić information content (AvgIpc) is 3.04. The van der Waals surface area contributed by atoms with Gasteiger partial charge in [-0.05, 0) is 31.4 Å². The van der Waals surface area contributed by atoms with Gasteiger partial charge in [0.2, 0.25) is 5.76 Å². The van der Waals surface area contributed by atoms with Crippen LogP contribution in [0.1, 0.15) is 35.6 Å². The Labute approximate surface area is 106 Å². The molecule has 2 unspecified atom stereocenters. The summed E-state index contributed by atoms with van der Waals surface area (Å²) >= 11 is 0. The van der Waals surface area contributed by atoms with Crippen molar-refractivity contribution in [2.24, 2.45) is 0 Å². The first-order valence-corrected chi connectivity index (χ1v) is 6.16. The number of ether oxygens (including phenoxy) is 2. The van der Waals surface area contributed by atoms with E-state index in [0.717, 1.165) is 25.0 Å². The lowest BCUT2D eigenvalue weighted by Crippen LogP contribution is -2.26. The zero-order chi connectivity index (χ0) is 13.0. The smallest absolute Gasteiger partial charge is 0.373 e. The molecule has 5 heteroatoms. The molecule has 0 spiro atoms. The summed E-state index contributed by atoms with van der Waals surface area (Å²) in [6.45, 7) is 0.623. The third kappa shape index (κ3) is 3.11. The molecule has 1 aromatic rings. The zero-order valence-corrected chi connectivity index (χ0v) is 10.8. The van der Waals surface area contributed by atoms with Gasteiger partial charge in [0.1, 0.15) is 5.76 Å². The summed E-state index contributed by atoms with van der Waals surface area (Å²) < 4.78 is 15.3. The highest BCUT2D eigenvalue weighted by Gasteiger charge is 2.24. The van der Waals surface area contributed by atoms with Gasteiger partial charge < -0.3 is 19.2 Å². The molecule has 5 nitrogen and oxygen atoms in total. The normalized spacial score (nSPS) is 23.2. The lowest BCUT2D eigenvalue weighted by Gasteiger charge is -2.11. The number of carbonyl (C=O) groups is 1. The van der Waals surface area contributed by atoms with Crippen molar-refractivity contribution in [3.63, 3.8) is 0 Å². The largest absolute Gasteiger partial charge is 0.463 e. The summed E-state index contributed by atoms with van der Waals surface area (Å²) in [5.74, 6) is 0.549. The molecule has 18 heavy (non-hydrogen) atoms. The van der Waals surface area contributed by atoms with E-state index in [0.29, 0.717) is 18.7 Å². The summed E-state index contributed by atoms with van der Waals surface area (Å²) in [4.78, 5) is 11.2. The van der Waals surface area contributed by atoms with Crippen molar-refractivity contribution < 1.29 is 18.7 Å². The van der Waals surface area contributed by atoms with E-state index in [4.69, 9.17) is 9.15 Å². The van der Waals surface area contributed by atoms with Crippen LogP contribution in [0.25, 0.3) is 0 Å². The van der Waals surface area contributed by atoms with Gasteiger partial charge >= 0.3 is 5.97 Å². The van der Waals surface area contributed by atoms with Crippen molar-refractivity contribution in [2.45, 2.75) is 38.0 Å². The third-order valence-corrected chi connectivity index (χ3v) is 3.33. The fraction of sp³-hybridized carbons (Fsp3) is 0.615. The van der Waals surface area contributed by atoms with Crippen LogP contribution in [0.4, 0.5) is 0 Å². The lowest BCUT2D eigenvalue weighted by molar-refractivity contribution is 0.0563. The molecular weight excluding hydrogens is 234 g/mol. The molecule has 1 aliphatic carbocycles. The van der Waals surface area contributed by atoms with Gasteiger partial charge in [0.15, 0.2) is 0 Å². The van der Waals surface area contributed by atoms with Crippen molar-refractivity contribution in [1.29, 1.82) is 0 Å². The number of hydrogen-bond acceptors (Lipinski definition) is 5. The Morgan fingerprint density at radius 3 is 2.94 bits per heavy atom. The van der Waals surface area contributed by atoms with Crippen LogP contribution in [0.2, 0.25) is 0 Å². The summed E-state index contributed by atoms with van der Waals surface area (Å²) in [7, 11) is 3.09. The molecule has 0 radical (unpaired) electrons. The number of carbonyl (C=O) groups excluding carboxylic acids is 1. The number of methoxy groups -OCH3 is 2. The van der Waals surface area contributed by atoms with Crippen molar-refractivity contribution in [3.05, 3.63) is 23.7 Å². The molecule has 1 aliphatic rings. The van der Waals surface area contributed by atoms with E-state index >= 15 is 0 Å². The Hall–Kier alpha value is -1.33. The molecule has 0 saturated heterocycles. The molecule has 1 fully saturated rings. The Bertz CT molecular complexity index is 401. The predicted molar refractivity (Wildman–Crippen MR) is 65.3 cm³/mol. The SMILES string of the molecule is COC(=O)c1ccc(CNC2CCC(OC)C2)o1. The van der Waals surface area contributed by atoms with Crippen molar-refractivity contribution in [2.75, 3.05) is 14.2 Å². The van der Waals surface area contributed by atoms with Gasteiger partial charge in [-0.15, -0.1) is 0 Å².